The van der Waals surface area contributed by atoms with Gasteiger partial charge in [-0.2, -0.15) is 0 Å². The molecular formula is C14H15FN2. The van der Waals surface area contributed by atoms with Crippen LogP contribution in [0, 0.1) is 5.82 Å². The smallest absolute Gasteiger partial charge is 0.127 e. The summed E-state index contributed by atoms with van der Waals surface area (Å²) in [6, 6.07) is 12.6. The van der Waals surface area contributed by atoms with Gasteiger partial charge in [0.05, 0.1) is 0 Å². The fraction of sp³-hybridized carbons (Fsp3) is 0.214. The Morgan fingerprint density at radius 2 is 1.94 bits per heavy atom. The third kappa shape index (κ3) is 2.68. The molecule has 0 bridgehead atoms. The summed E-state index contributed by atoms with van der Waals surface area (Å²) >= 11 is 0. The predicted octanol–water partition coefficient (Wildman–Crippen LogP) is 2.57. The highest BCUT2D eigenvalue weighted by Gasteiger charge is 2.17. The quantitative estimate of drug-likeness (QED) is 0.873. The molecule has 1 atom stereocenters. The number of pyridine rings is 1. The summed E-state index contributed by atoms with van der Waals surface area (Å²) in [5.41, 5.74) is 1.56. The first-order valence-corrected chi connectivity index (χ1v) is 5.63. The Hall–Kier alpha value is -1.74. The lowest BCUT2D eigenvalue weighted by molar-refractivity contribution is 0.583. The molecule has 1 N–H and O–H groups in total. The van der Waals surface area contributed by atoms with Crippen LogP contribution in [-0.4, -0.2) is 18.6 Å². The van der Waals surface area contributed by atoms with E-state index in [0.717, 1.165) is 5.69 Å². The first-order valence-electron chi connectivity index (χ1n) is 5.63. The first-order chi connectivity index (χ1) is 8.33. The van der Waals surface area contributed by atoms with Gasteiger partial charge in [-0.15, -0.1) is 0 Å². The Morgan fingerprint density at radius 3 is 2.59 bits per heavy atom. The highest BCUT2D eigenvalue weighted by molar-refractivity contribution is 5.30. The van der Waals surface area contributed by atoms with Crippen molar-refractivity contribution in [1.82, 2.24) is 10.3 Å². The SMILES string of the molecule is CNCC(c1ccccn1)c1ccccc1F. The van der Waals surface area contributed by atoms with Crippen LogP contribution in [0.15, 0.2) is 48.7 Å². The van der Waals surface area contributed by atoms with Gasteiger partial charge in [0, 0.05) is 24.4 Å². The van der Waals surface area contributed by atoms with Crippen molar-refractivity contribution in [3.05, 3.63) is 65.7 Å². The van der Waals surface area contributed by atoms with Crippen LogP contribution < -0.4 is 5.32 Å². The Balaban J connectivity index is 2.39. The van der Waals surface area contributed by atoms with Gasteiger partial charge in [-0.25, -0.2) is 4.39 Å². The monoisotopic (exact) mass is 230 g/mol. The van der Waals surface area contributed by atoms with Crippen molar-refractivity contribution in [2.75, 3.05) is 13.6 Å². The third-order valence-corrected chi connectivity index (χ3v) is 2.73. The van der Waals surface area contributed by atoms with E-state index >= 15 is 0 Å². The van der Waals surface area contributed by atoms with Crippen molar-refractivity contribution in [2.45, 2.75) is 5.92 Å². The average molecular weight is 230 g/mol. The van der Waals surface area contributed by atoms with E-state index < -0.39 is 0 Å². The first kappa shape index (κ1) is 11.7. The van der Waals surface area contributed by atoms with E-state index in [9.17, 15) is 4.39 Å². The predicted molar refractivity (Wildman–Crippen MR) is 66.4 cm³/mol. The molecule has 0 saturated heterocycles. The van der Waals surface area contributed by atoms with Crippen LogP contribution in [0.2, 0.25) is 0 Å². The Bertz CT molecular complexity index is 471. The molecule has 0 aliphatic carbocycles. The number of hydrogen-bond donors (Lipinski definition) is 1. The molecule has 0 aliphatic rings. The summed E-state index contributed by atoms with van der Waals surface area (Å²) in [5.74, 6) is -0.235. The van der Waals surface area contributed by atoms with Crippen LogP contribution in [0.3, 0.4) is 0 Å². The minimum atomic E-state index is -0.182. The number of benzene rings is 1. The lowest BCUT2D eigenvalue weighted by Gasteiger charge is -2.17. The van der Waals surface area contributed by atoms with Crippen molar-refractivity contribution in [1.29, 1.82) is 0 Å². The van der Waals surface area contributed by atoms with Crippen LogP contribution in [0.25, 0.3) is 0 Å². The van der Waals surface area contributed by atoms with E-state index in [2.05, 4.69) is 10.3 Å². The van der Waals surface area contributed by atoms with Gasteiger partial charge in [0.15, 0.2) is 0 Å². The number of likely N-dealkylation sites (N-methyl/N-ethyl adjacent to an activating group) is 1. The normalized spacial score (nSPS) is 12.4. The molecule has 0 fully saturated rings. The van der Waals surface area contributed by atoms with Crippen LogP contribution in [0.4, 0.5) is 4.39 Å². The topological polar surface area (TPSA) is 24.9 Å². The standard InChI is InChI=1S/C14H15FN2/c1-16-10-12(14-8-4-5-9-17-14)11-6-2-3-7-13(11)15/h2-9,12,16H,10H2,1H3. The summed E-state index contributed by atoms with van der Waals surface area (Å²) in [6.45, 7) is 0.665. The number of nitrogens with zero attached hydrogens (tertiary/aromatic N) is 1. The third-order valence-electron chi connectivity index (χ3n) is 2.73. The maximum absolute atomic E-state index is 13.8. The van der Waals surface area contributed by atoms with E-state index in [0.29, 0.717) is 12.1 Å². The van der Waals surface area contributed by atoms with Gasteiger partial charge in [-0.3, -0.25) is 4.98 Å². The molecule has 2 nitrogen and oxygen atoms in total. The molecule has 0 amide bonds. The second-order valence-electron chi connectivity index (χ2n) is 3.89. The Morgan fingerprint density at radius 1 is 1.18 bits per heavy atom. The minimum Gasteiger partial charge on any atom is -0.319 e. The molecule has 1 unspecified atom stereocenters. The van der Waals surface area contributed by atoms with E-state index in [1.165, 1.54) is 6.07 Å². The number of aromatic nitrogens is 1. The second kappa shape index (κ2) is 5.55. The zero-order valence-electron chi connectivity index (χ0n) is 9.73. The van der Waals surface area contributed by atoms with Crippen molar-refractivity contribution in [2.24, 2.45) is 0 Å². The van der Waals surface area contributed by atoms with E-state index in [-0.39, 0.29) is 11.7 Å². The van der Waals surface area contributed by atoms with E-state index in [1.807, 2.05) is 37.4 Å². The molecule has 2 aromatic rings. The van der Waals surface area contributed by atoms with E-state index in [4.69, 9.17) is 0 Å². The molecule has 0 saturated carbocycles. The molecule has 3 heteroatoms. The fourth-order valence-electron chi connectivity index (χ4n) is 1.92. The van der Waals surface area contributed by atoms with Gasteiger partial charge >= 0.3 is 0 Å². The number of hydrogen-bond acceptors (Lipinski definition) is 2. The molecule has 0 radical (unpaired) electrons. The van der Waals surface area contributed by atoms with Gasteiger partial charge in [0.2, 0.25) is 0 Å². The van der Waals surface area contributed by atoms with Crippen molar-refractivity contribution in [3.8, 4) is 0 Å². The van der Waals surface area contributed by atoms with Crippen molar-refractivity contribution in [3.63, 3.8) is 0 Å². The van der Waals surface area contributed by atoms with Crippen molar-refractivity contribution >= 4 is 0 Å². The molecule has 17 heavy (non-hydrogen) atoms. The number of rotatable bonds is 4. The molecule has 0 aliphatic heterocycles. The highest BCUT2D eigenvalue weighted by Crippen LogP contribution is 2.24. The summed E-state index contributed by atoms with van der Waals surface area (Å²) in [7, 11) is 1.86. The lowest BCUT2D eigenvalue weighted by atomic mass is 9.94. The zero-order valence-corrected chi connectivity index (χ0v) is 9.73. The van der Waals surface area contributed by atoms with Gasteiger partial charge in [-0.05, 0) is 30.8 Å². The summed E-state index contributed by atoms with van der Waals surface area (Å²) in [4.78, 5) is 4.31. The molecule has 1 heterocycles. The van der Waals surface area contributed by atoms with Crippen LogP contribution in [0.1, 0.15) is 17.2 Å². The molecule has 1 aromatic carbocycles. The molecule has 1 aromatic heterocycles. The maximum Gasteiger partial charge on any atom is 0.127 e. The molecular weight excluding hydrogens is 215 g/mol. The second-order valence-corrected chi connectivity index (χ2v) is 3.89. The maximum atomic E-state index is 13.8. The highest BCUT2D eigenvalue weighted by atomic mass is 19.1. The van der Waals surface area contributed by atoms with Gasteiger partial charge in [0.1, 0.15) is 5.82 Å². The Kier molecular flexibility index (Phi) is 3.83. The largest absolute Gasteiger partial charge is 0.319 e. The minimum absolute atomic E-state index is 0.0533. The summed E-state index contributed by atoms with van der Waals surface area (Å²) < 4.78 is 13.8. The van der Waals surface area contributed by atoms with Crippen LogP contribution in [-0.2, 0) is 0 Å². The number of halogens is 1. The average Bonchev–Trinajstić information content (AvgIpc) is 2.38. The fourth-order valence-corrected chi connectivity index (χ4v) is 1.92. The molecule has 88 valence electrons. The summed E-state index contributed by atoms with van der Waals surface area (Å²) in [6.07, 6.45) is 1.73. The lowest BCUT2D eigenvalue weighted by Crippen LogP contribution is -2.20. The zero-order chi connectivity index (χ0) is 12.1. The summed E-state index contributed by atoms with van der Waals surface area (Å²) in [5, 5.41) is 3.09. The molecule has 0 spiro atoms. The van der Waals surface area contributed by atoms with E-state index in [1.54, 1.807) is 12.3 Å². The van der Waals surface area contributed by atoms with Gasteiger partial charge < -0.3 is 5.32 Å². The van der Waals surface area contributed by atoms with Crippen LogP contribution >= 0.6 is 0 Å². The van der Waals surface area contributed by atoms with Crippen LogP contribution in [0.5, 0.6) is 0 Å². The van der Waals surface area contributed by atoms with Gasteiger partial charge in [-0.1, -0.05) is 24.3 Å². The van der Waals surface area contributed by atoms with Crippen molar-refractivity contribution < 1.29 is 4.39 Å². The van der Waals surface area contributed by atoms with Gasteiger partial charge in [0.25, 0.3) is 0 Å². The number of nitrogens with one attached hydrogen (secondary N) is 1. The Labute approximate surface area is 101 Å². The molecule has 2 rings (SSSR count).